The van der Waals surface area contributed by atoms with Crippen LogP contribution in [-0.2, 0) is 14.8 Å². The minimum atomic E-state index is -3.63. The molecule has 0 fully saturated rings. The summed E-state index contributed by atoms with van der Waals surface area (Å²) in [5, 5.41) is 4.30. The molecule has 156 valence electrons. The summed E-state index contributed by atoms with van der Waals surface area (Å²) in [4.78, 5) is 16.9. The van der Waals surface area contributed by atoms with Gasteiger partial charge >= 0.3 is 5.97 Å². The summed E-state index contributed by atoms with van der Waals surface area (Å²) in [5.74, 6) is -0.526. The van der Waals surface area contributed by atoms with Crippen LogP contribution < -0.4 is 10.0 Å². The molecule has 0 saturated carbocycles. The highest BCUT2D eigenvalue weighted by atomic mass is 35.5. The Bertz CT molecular complexity index is 1190. The molecule has 0 spiro atoms. The molecule has 2 N–H and O–H groups in total. The molecule has 1 heterocycles. The Morgan fingerprint density at radius 1 is 1.23 bits per heavy atom. The average molecular weight is 446 g/mol. The van der Waals surface area contributed by atoms with Crippen LogP contribution in [0, 0.1) is 0 Å². The molecule has 30 heavy (non-hydrogen) atoms. The fourth-order valence-electron chi connectivity index (χ4n) is 2.78. The number of anilines is 2. The van der Waals surface area contributed by atoms with Crippen LogP contribution in [0.5, 0.6) is 0 Å². The maximum absolute atomic E-state index is 12.4. The quantitative estimate of drug-likeness (QED) is 0.397. The largest absolute Gasteiger partial charge is 0.462 e. The fourth-order valence-corrected chi connectivity index (χ4v) is 3.95. The predicted molar refractivity (Wildman–Crippen MR) is 118 cm³/mol. The lowest BCUT2D eigenvalue weighted by molar-refractivity contribution is 0.0527. The number of benzene rings is 2. The van der Waals surface area contributed by atoms with Crippen molar-refractivity contribution in [2.75, 3.05) is 18.5 Å². The zero-order valence-electron chi connectivity index (χ0n) is 16.2. The van der Waals surface area contributed by atoms with E-state index >= 15 is 0 Å². The molecule has 0 atom stereocenters. The Morgan fingerprint density at radius 3 is 2.63 bits per heavy atom. The monoisotopic (exact) mass is 445 g/mol. The molecular formula is C21H20ClN3O4S. The highest BCUT2D eigenvalue weighted by molar-refractivity contribution is 7.89. The van der Waals surface area contributed by atoms with Crippen LogP contribution in [0.1, 0.15) is 17.3 Å². The molecule has 0 aliphatic rings. The van der Waals surface area contributed by atoms with E-state index in [1.807, 2.05) is 0 Å². The third-order valence-corrected chi connectivity index (χ3v) is 5.85. The molecule has 0 amide bonds. The molecule has 7 nitrogen and oxygen atoms in total. The fraction of sp³-hybridized carbons (Fsp3) is 0.143. The first-order valence-electron chi connectivity index (χ1n) is 9.08. The van der Waals surface area contributed by atoms with E-state index in [-0.39, 0.29) is 23.6 Å². The Hall–Kier alpha value is -2.94. The lowest BCUT2D eigenvalue weighted by Crippen LogP contribution is -2.23. The van der Waals surface area contributed by atoms with Gasteiger partial charge in [0.25, 0.3) is 0 Å². The number of rotatable bonds is 8. The van der Waals surface area contributed by atoms with Gasteiger partial charge in [0.15, 0.2) is 0 Å². The van der Waals surface area contributed by atoms with Gasteiger partial charge in [-0.1, -0.05) is 17.7 Å². The third-order valence-electron chi connectivity index (χ3n) is 4.18. The summed E-state index contributed by atoms with van der Waals surface area (Å²) < 4.78 is 32.0. The number of halogens is 1. The molecule has 0 aliphatic carbocycles. The van der Waals surface area contributed by atoms with Gasteiger partial charge in [-0.3, -0.25) is 4.98 Å². The Labute approximate surface area is 179 Å². The molecular weight excluding hydrogens is 426 g/mol. The maximum Gasteiger partial charge on any atom is 0.341 e. The number of nitrogens with zero attached hydrogens (tertiary/aromatic N) is 1. The van der Waals surface area contributed by atoms with Crippen molar-refractivity contribution < 1.29 is 17.9 Å². The van der Waals surface area contributed by atoms with Crippen LogP contribution in [0.3, 0.4) is 0 Å². The molecule has 0 bridgehead atoms. The van der Waals surface area contributed by atoms with E-state index < -0.39 is 16.0 Å². The van der Waals surface area contributed by atoms with Crippen molar-refractivity contribution >= 4 is 49.9 Å². The number of aromatic nitrogens is 1. The number of sulfonamides is 1. The van der Waals surface area contributed by atoms with Gasteiger partial charge in [0.1, 0.15) is 5.56 Å². The highest BCUT2D eigenvalue weighted by Gasteiger charge is 2.18. The van der Waals surface area contributed by atoms with Crippen molar-refractivity contribution in [3.63, 3.8) is 0 Å². The first kappa shape index (κ1) is 21.8. The van der Waals surface area contributed by atoms with Crippen LogP contribution >= 0.6 is 11.6 Å². The molecule has 2 aromatic carbocycles. The molecule has 3 rings (SSSR count). The summed E-state index contributed by atoms with van der Waals surface area (Å²) >= 11 is 6.15. The molecule has 0 radical (unpaired) electrons. The number of hydrogen-bond acceptors (Lipinski definition) is 6. The van der Waals surface area contributed by atoms with Crippen molar-refractivity contribution in [3.8, 4) is 0 Å². The average Bonchev–Trinajstić information content (AvgIpc) is 2.73. The minimum Gasteiger partial charge on any atom is -0.462 e. The van der Waals surface area contributed by atoms with Crippen molar-refractivity contribution in [1.29, 1.82) is 0 Å². The predicted octanol–water partition coefficient (Wildman–Crippen LogP) is 4.27. The van der Waals surface area contributed by atoms with Gasteiger partial charge in [0.2, 0.25) is 10.0 Å². The Balaban J connectivity index is 2.01. The molecule has 9 heteroatoms. The second-order valence-electron chi connectivity index (χ2n) is 6.22. The van der Waals surface area contributed by atoms with E-state index in [9.17, 15) is 13.2 Å². The van der Waals surface area contributed by atoms with Gasteiger partial charge in [-0.05, 0) is 49.4 Å². The summed E-state index contributed by atoms with van der Waals surface area (Å²) in [7, 11) is -3.63. The minimum absolute atomic E-state index is 0.114. The number of esters is 1. The first-order chi connectivity index (χ1) is 14.4. The number of carbonyl (C=O) groups excluding carboxylic acids is 1. The third kappa shape index (κ3) is 4.79. The van der Waals surface area contributed by atoms with Crippen LogP contribution in [0.25, 0.3) is 10.9 Å². The second kappa shape index (κ2) is 9.25. The van der Waals surface area contributed by atoms with E-state index in [1.165, 1.54) is 24.4 Å². The zero-order chi connectivity index (χ0) is 21.7. The molecule has 0 saturated heterocycles. The lowest BCUT2D eigenvalue weighted by atomic mass is 10.1. The number of hydrogen-bond donors (Lipinski definition) is 2. The van der Waals surface area contributed by atoms with E-state index in [0.717, 1.165) is 0 Å². The van der Waals surface area contributed by atoms with Gasteiger partial charge in [-0.2, -0.15) is 0 Å². The summed E-state index contributed by atoms with van der Waals surface area (Å²) in [6.45, 7) is 5.57. The topological polar surface area (TPSA) is 97.4 Å². The van der Waals surface area contributed by atoms with Crippen LogP contribution in [0.4, 0.5) is 11.4 Å². The highest BCUT2D eigenvalue weighted by Crippen LogP contribution is 2.31. The molecule has 1 aromatic heterocycles. The summed E-state index contributed by atoms with van der Waals surface area (Å²) in [6.07, 6.45) is 2.90. The second-order valence-corrected chi connectivity index (χ2v) is 8.42. The Morgan fingerprint density at radius 2 is 1.97 bits per heavy atom. The SMILES string of the molecule is C=CCNS(=O)(=O)c1ccc(Nc2c(C(=O)OCC)cnc3ccc(Cl)cc23)cc1. The number of carbonyl (C=O) groups is 1. The number of nitrogens with one attached hydrogen (secondary N) is 2. The van der Waals surface area contributed by atoms with Gasteiger partial charge in [0, 0.05) is 28.8 Å². The van der Waals surface area contributed by atoms with Gasteiger partial charge in [-0.15, -0.1) is 6.58 Å². The van der Waals surface area contributed by atoms with Crippen molar-refractivity contribution in [3.05, 3.63) is 71.9 Å². The van der Waals surface area contributed by atoms with Crippen LogP contribution in [0.15, 0.2) is 66.2 Å². The van der Waals surface area contributed by atoms with Crippen molar-refractivity contribution in [1.82, 2.24) is 9.71 Å². The maximum atomic E-state index is 12.4. The van der Waals surface area contributed by atoms with Gasteiger partial charge in [0.05, 0.1) is 22.7 Å². The standard InChI is InChI=1S/C21H20ClN3O4S/c1-3-11-24-30(27,28)16-8-6-15(7-9-16)25-20-17-12-14(22)5-10-19(17)23-13-18(20)21(26)29-4-2/h3,5-10,12-13,24H,1,4,11H2,2H3,(H,23,25). The lowest BCUT2D eigenvalue weighted by Gasteiger charge is -2.15. The van der Waals surface area contributed by atoms with Gasteiger partial charge < -0.3 is 10.1 Å². The van der Waals surface area contributed by atoms with Crippen molar-refractivity contribution in [2.24, 2.45) is 0 Å². The smallest absolute Gasteiger partial charge is 0.341 e. The first-order valence-corrected chi connectivity index (χ1v) is 10.9. The molecule has 0 aliphatic heterocycles. The normalized spacial score (nSPS) is 11.3. The summed E-state index contributed by atoms with van der Waals surface area (Å²) in [5.41, 5.74) is 1.94. The van der Waals surface area contributed by atoms with E-state index in [1.54, 1.807) is 37.3 Å². The molecule has 3 aromatic rings. The summed E-state index contributed by atoms with van der Waals surface area (Å²) in [6, 6.07) is 11.3. The zero-order valence-corrected chi connectivity index (χ0v) is 17.8. The van der Waals surface area contributed by atoms with Crippen LogP contribution in [-0.4, -0.2) is 32.5 Å². The number of ether oxygens (including phenoxy) is 1. The Kier molecular flexibility index (Phi) is 6.71. The van der Waals surface area contributed by atoms with Crippen molar-refractivity contribution in [2.45, 2.75) is 11.8 Å². The van der Waals surface area contributed by atoms with E-state index in [4.69, 9.17) is 16.3 Å². The van der Waals surface area contributed by atoms with Crippen LogP contribution in [0.2, 0.25) is 5.02 Å². The molecule has 0 unspecified atom stereocenters. The van der Waals surface area contributed by atoms with Gasteiger partial charge in [-0.25, -0.2) is 17.9 Å². The van der Waals surface area contributed by atoms with E-state index in [0.29, 0.717) is 27.3 Å². The van der Waals surface area contributed by atoms with E-state index in [2.05, 4.69) is 21.6 Å². The number of fused-ring (bicyclic) bond motifs is 1. The number of pyridine rings is 1.